The Kier molecular flexibility index (Phi) is 3.42. The molecule has 0 spiro atoms. The van der Waals surface area contributed by atoms with E-state index >= 15 is 0 Å². The topological polar surface area (TPSA) is 86.4 Å². The summed E-state index contributed by atoms with van der Waals surface area (Å²) in [5.41, 5.74) is 2.01. The SMILES string of the molecule is N#CCCn1ncc2c(N3CCCC3c3ccc[nH]3)ncnc21. The van der Waals surface area contributed by atoms with Gasteiger partial charge in [0.2, 0.25) is 0 Å². The summed E-state index contributed by atoms with van der Waals surface area (Å²) in [7, 11) is 0. The van der Waals surface area contributed by atoms with Gasteiger partial charge in [-0.15, -0.1) is 0 Å². The number of H-pyrrole nitrogens is 1. The van der Waals surface area contributed by atoms with Gasteiger partial charge in [0.05, 0.1) is 36.7 Å². The molecule has 7 heteroatoms. The molecule has 0 radical (unpaired) electrons. The van der Waals surface area contributed by atoms with Gasteiger partial charge in [0.25, 0.3) is 0 Å². The van der Waals surface area contributed by atoms with Crippen molar-refractivity contribution in [3.05, 3.63) is 36.5 Å². The number of hydrogen-bond acceptors (Lipinski definition) is 5. The molecule has 1 aliphatic rings. The Bertz CT molecular complexity index is 843. The third kappa shape index (κ3) is 2.32. The lowest BCUT2D eigenvalue weighted by Crippen LogP contribution is -2.24. The molecule has 0 amide bonds. The third-order valence-electron chi connectivity index (χ3n) is 4.35. The molecule has 4 rings (SSSR count). The van der Waals surface area contributed by atoms with Crippen LogP contribution in [-0.2, 0) is 6.54 Å². The molecule has 1 aliphatic heterocycles. The van der Waals surface area contributed by atoms with Gasteiger partial charge in [-0.3, -0.25) is 0 Å². The minimum absolute atomic E-state index is 0.311. The number of fused-ring (bicyclic) bond motifs is 1. The Hall–Kier alpha value is -2.88. The molecule has 4 heterocycles. The first-order valence-corrected chi connectivity index (χ1v) is 7.82. The second-order valence-corrected chi connectivity index (χ2v) is 5.69. The highest BCUT2D eigenvalue weighted by Crippen LogP contribution is 2.36. The van der Waals surface area contributed by atoms with Crippen molar-refractivity contribution in [2.45, 2.75) is 31.8 Å². The second-order valence-electron chi connectivity index (χ2n) is 5.69. The lowest BCUT2D eigenvalue weighted by atomic mass is 10.1. The van der Waals surface area contributed by atoms with Crippen LogP contribution in [-0.4, -0.2) is 31.3 Å². The molecule has 1 atom stereocenters. The molecule has 0 saturated carbocycles. The quantitative estimate of drug-likeness (QED) is 0.800. The van der Waals surface area contributed by atoms with Crippen molar-refractivity contribution in [3.8, 4) is 6.07 Å². The van der Waals surface area contributed by atoms with E-state index < -0.39 is 0 Å². The highest BCUT2D eigenvalue weighted by Gasteiger charge is 2.29. The number of hydrogen-bond donors (Lipinski definition) is 1. The Balaban J connectivity index is 1.74. The lowest BCUT2D eigenvalue weighted by molar-refractivity contribution is 0.642. The van der Waals surface area contributed by atoms with Crippen molar-refractivity contribution >= 4 is 16.9 Å². The van der Waals surface area contributed by atoms with Crippen LogP contribution >= 0.6 is 0 Å². The fourth-order valence-corrected chi connectivity index (χ4v) is 3.32. The fourth-order valence-electron chi connectivity index (χ4n) is 3.32. The molecular weight excluding hydrogens is 290 g/mol. The molecule has 1 fully saturated rings. The molecule has 0 aromatic carbocycles. The van der Waals surface area contributed by atoms with Crippen LogP contribution in [0, 0.1) is 11.3 Å². The van der Waals surface area contributed by atoms with Gasteiger partial charge in [-0.1, -0.05) is 0 Å². The Morgan fingerprint density at radius 3 is 3.17 bits per heavy atom. The molecule has 1 saturated heterocycles. The van der Waals surface area contributed by atoms with Gasteiger partial charge in [-0.2, -0.15) is 10.4 Å². The van der Waals surface area contributed by atoms with Gasteiger partial charge in [-0.05, 0) is 25.0 Å². The summed E-state index contributed by atoms with van der Waals surface area (Å²) in [4.78, 5) is 14.5. The summed E-state index contributed by atoms with van der Waals surface area (Å²) in [5, 5.41) is 14.1. The molecule has 7 nitrogen and oxygen atoms in total. The second kappa shape index (κ2) is 5.72. The van der Waals surface area contributed by atoms with E-state index in [-0.39, 0.29) is 0 Å². The number of aromatic nitrogens is 5. The average Bonchev–Trinajstić information content (AvgIpc) is 3.31. The van der Waals surface area contributed by atoms with Gasteiger partial charge in [0, 0.05) is 18.4 Å². The van der Waals surface area contributed by atoms with Crippen LogP contribution in [0.3, 0.4) is 0 Å². The summed E-state index contributed by atoms with van der Waals surface area (Å²) >= 11 is 0. The molecule has 3 aromatic heterocycles. The van der Waals surface area contributed by atoms with Gasteiger partial charge in [0.15, 0.2) is 5.65 Å². The maximum atomic E-state index is 8.77. The summed E-state index contributed by atoms with van der Waals surface area (Å²) in [6.07, 6.45) is 8.02. The van der Waals surface area contributed by atoms with Crippen LogP contribution in [0.15, 0.2) is 30.9 Å². The van der Waals surface area contributed by atoms with E-state index in [1.165, 1.54) is 5.69 Å². The number of nitrogens with one attached hydrogen (secondary N) is 1. The number of nitriles is 1. The molecule has 23 heavy (non-hydrogen) atoms. The largest absolute Gasteiger partial charge is 0.363 e. The van der Waals surface area contributed by atoms with Crippen molar-refractivity contribution in [2.75, 3.05) is 11.4 Å². The standard InChI is InChI=1S/C16H17N7/c17-6-3-9-23-16-12(10-21-23)15(19-11-20-16)22-8-2-5-14(22)13-4-1-7-18-13/h1,4,7,10-11,14,18H,2-3,5,8-9H2. The first-order chi connectivity index (χ1) is 11.4. The number of rotatable bonds is 4. The maximum Gasteiger partial charge on any atom is 0.163 e. The first kappa shape index (κ1) is 13.8. The number of nitrogens with zero attached hydrogens (tertiary/aromatic N) is 6. The smallest absolute Gasteiger partial charge is 0.163 e. The predicted octanol–water partition coefficient (Wildman–Crippen LogP) is 2.41. The van der Waals surface area contributed by atoms with Gasteiger partial charge in [0.1, 0.15) is 12.1 Å². The first-order valence-electron chi connectivity index (χ1n) is 7.82. The molecule has 1 N–H and O–H groups in total. The van der Waals surface area contributed by atoms with Gasteiger partial charge < -0.3 is 9.88 Å². The maximum absolute atomic E-state index is 8.77. The van der Waals surface area contributed by atoms with Crippen LogP contribution < -0.4 is 4.90 Å². The zero-order valence-corrected chi connectivity index (χ0v) is 12.7. The Morgan fingerprint density at radius 1 is 1.39 bits per heavy atom. The van der Waals surface area contributed by atoms with Crippen LogP contribution in [0.4, 0.5) is 5.82 Å². The molecule has 3 aromatic rings. The highest BCUT2D eigenvalue weighted by atomic mass is 15.3. The Morgan fingerprint density at radius 2 is 2.35 bits per heavy atom. The Labute approximate surface area is 133 Å². The minimum atomic E-state index is 0.311. The molecule has 0 aliphatic carbocycles. The van der Waals surface area contributed by atoms with Gasteiger partial charge in [-0.25, -0.2) is 14.6 Å². The van der Waals surface area contributed by atoms with Crippen molar-refractivity contribution in [2.24, 2.45) is 0 Å². The van der Waals surface area contributed by atoms with E-state index in [4.69, 9.17) is 5.26 Å². The van der Waals surface area contributed by atoms with Crippen LogP contribution in [0.2, 0.25) is 0 Å². The van der Waals surface area contributed by atoms with E-state index in [2.05, 4.69) is 37.1 Å². The van der Waals surface area contributed by atoms with Crippen LogP contribution in [0.1, 0.15) is 31.0 Å². The molecule has 116 valence electrons. The third-order valence-corrected chi connectivity index (χ3v) is 4.35. The van der Waals surface area contributed by atoms with Crippen molar-refractivity contribution in [1.29, 1.82) is 5.26 Å². The lowest BCUT2D eigenvalue weighted by Gasteiger charge is -2.25. The van der Waals surface area contributed by atoms with Crippen LogP contribution in [0.5, 0.6) is 0 Å². The zero-order valence-electron chi connectivity index (χ0n) is 12.7. The summed E-state index contributed by atoms with van der Waals surface area (Å²) < 4.78 is 1.78. The van der Waals surface area contributed by atoms with E-state index in [9.17, 15) is 0 Å². The van der Waals surface area contributed by atoms with E-state index in [1.54, 1.807) is 11.0 Å². The summed E-state index contributed by atoms with van der Waals surface area (Å²) in [6, 6.07) is 6.61. The van der Waals surface area contributed by atoms with Crippen molar-refractivity contribution in [3.63, 3.8) is 0 Å². The normalized spacial score (nSPS) is 17.7. The van der Waals surface area contributed by atoms with Gasteiger partial charge >= 0.3 is 0 Å². The summed E-state index contributed by atoms with van der Waals surface area (Å²) in [5.74, 6) is 0.926. The van der Waals surface area contributed by atoms with Crippen LogP contribution in [0.25, 0.3) is 11.0 Å². The minimum Gasteiger partial charge on any atom is -0.363 e. The molecular formula is C16H17N7. The van der Waals surface area contributed by atoms with Crippen molar-refractivity contribution < 1.29 is 0 Å². The average molecular weight is 307 g/mol. The number of aryl methyl sites for hydroxylation is 1. The number of anilines is 1. The highest BCUT2D eigenvalue weighted by molar-refractivity contribution is 5.87. The van der Waals surface area contributed by atoms with E-state index in [0.29, 0.717) is 19.0 Å². The fraction of sp³-hybridized carbons (Fsp3) is 0.375. The predicted molar refractivity (Wildman–Crippen MR) is 85.7 cm³/mol. The molecule has 0 bridgehead atoms. The number of aromatic amines is 1. The zero-order chi connectivity index (χ0) is 15.6. The van der Waals surface area contributed by atoms with E-state index in [1.807, 2.05) is 18.5 Å². The summed E-state index contributed by atoms with van der Waals surface area (Å²) in [6.45, 7) is 1.52. The van der Waals surface area contributed by atoms with Crippen molar-refractivity contribution in [1.82, 2.24) is 24.7 Å². The monoisotopic (exact) mass is 307 g/mol. The molecule has 1 unspecified atom stereocenters. The van der Waals surface area contributed by atoms with E-state index in [0.717, 1.165) is 36.2 Å².